The molecule has 0 aliphatic carbocycles. The van der Waals surface area contributed by atoms with Gasteiger partial charge in [0.2, 0.25) is 0 Å². The third kappa shape index (κ3) is 5.49. The van der Waals surface area contributed by atoms with E-state index in [4.69, 9.17) is 21.1 Å². The Hall–Kier alpha value is -2.20. The summed E-state index contributed by atoms with van der Waals surface area (Å²) in [5.74, 6) is 1.22. The van der Waals surface area contributed by atoms with Gasteiger partial charge in [0.25, 0.3) is 5.91 Å². The summed E-state index contributed by atoms with van der Waals surface area (Å²) in [5.41, 5.74) is 0.975. The van der Waals surface area contributed by atoms with Crippen LogP contribution >= 0.6 is 11.6 Å². The molecule has 0 aliphatic heterocycles. The van der Waals surface area contributed by atoms with Crippen molar-refractivity contribution in [2.24, 2.45) is 0 Å². The number of amides is 1. The summed E-state index contributed by atoms with van der Waals surface area (Å²) >= 11 is 5.82. The van der Waals surface area contributed by atoms with E-state index in [1.165, 1.54) is 0 Å². The molecule has 0 fully saturated rings. The second kappa shape index (κ2) is 8.44. The predicted octanol–water partition coefficient (Wildman–Crippen LogP) is 3.82. The van der Waals surface area contributed by atoms with Gasteiger partial charge in [-0.15, -0.1) is 0 Å². The van der Waals surface area contributed by atoms with Crippen LogP contribution in [0.3, 0.4) is 0 Å². The Morgan fingerprint density at radius 2 is 1.91 bits per heavy atom. The lowest BCUT2D eigenvalue weighted by Crippen LogP contribution is -2.35. The van der Waals surface area contributed by atoms with Gasteiger partial charge in [-0.05, 0) is 55.8 Å². The molecule has 2 rings (SSSR count). The number of carbonyl (C=O) groups is 1. The molecular formula is C18H20ClNO3. The van der Waals surface area contributed by atoms with Crippen molar-refractivity contribution in [3.8, 4) is 11.5 Å². The van der Waals surface area contributed by atoms with E-state index in [9.17, 15) is 4.79 Å². The second-order valence-corrected chi connectivity index (χ2v) is 5.45. The number of halogens is 1. The molecule has 5 heteroatoms. The molecule has 0 saturated carbocycles. The van der Waals surface area contributed by atoms with Crippen LogP contribution in [-0.4, -0.2) is 18.6 Å². The molecule has 1 atom stereocenters. The summed E-state index contributed by atoms with van der Waals surface area (Å²) in [5, 5.41) is 3.48. The maximum Gasteiger partial charge on any atom is 0.261 e. The Morgan fingerprint density at radius 1 is 1.17 bits per heavy atom. The molecule has 0 aromatic heterocycles. The lowest BCUT2D eigenvalue weighted by atomic mass is 10.2. The van der Waals surface area contributed by atoms with Crippen molar-refractivity contribution in [2.45, 2.75) is 26.5 Å². The minimum Gasteiger partial charge on any atom is -0.494 e. The maximum atomic E-state index is 12.1. The fraction of sp³-hybridized carbons (Fsp3) is 0.278. The smallest absolute Gasteiger partial charge is 0.261 e. The van der Waals surface area contributed by atoms with Crippen LogP contribution in [0.4, 0.5) is 0 Å². The van der Waals surface area contributed by atoms with Crippen molar-refractivity contribution in [2.75, 3.05) is 6.61 Å². The molecule has 0 heterocycles. The molecule has 122 valence electrons. The minimum absolute atomic E-state index is 0.179. The quantitative estimate of drug-likeness (QED) is 0.837. The van der Waals surface area contributed by atoms with Crippen molar-refractivity contribution < 1.29 is 14.3 Å². The Morgan fingerprint density at radius 3 is 2.61 bits per heavy atom. The number of hydrogen-bond donors (Lipinski definition) is 1. The van der Waals surface area contributed by atoms with Crippen LogP contribution in [0.5, 0.6) is 11.5 Å². The zero-order valence-electron chi connectivity index (χ0n) is 13.2. The second-order valence-electron chi connectivity index (χ2n) is 5.01. The fourth-order valence-corrected chi connectivity index (χ4v) is 2.14. The van der Waals surface area contributed by atoms with Gasteiger partial charge in [0.1, 0.15) is 11.5 Å². The minimum atomic E-state index is -0.591. The van der Waals surface area contributed by atoms with E-state index in [1.54, 1.807) is 31.2 Å². The standard InChI is InChI=1S/C18H20ClNO3/c1-3-22-17-6-4-5-14(11-17)12-20-18(21)13(2)23-16-9-7-15(19)8-10-16/h4-11,13H,3,12H2,1-2H3,(H,20,21)/t13-/m1/s1. The molecule has 4 nitrogen and oxygen atoms in total. The highest BCUT2D eigenvalue weighted by Gasteiger charge is 2.14. The SMILES string of the molecule is CCOc1cccc(CNC(=O)[C@@H](C)Oc2ccc(Cl)cc2)c1. The fourth-order valence-electron chi connectivity index (χ4n) is 2.02. The largest absolute Gasteiger partial charge is 0.494 e. The highest BCUT2D eigenvalue weighted by Crippen LogP contribution is 2.17. The Labute approximate surface area is 141 Å². The molecule has 1 N–H and O–H groups in total. The van der Waals surface area contributed by atoms with Gasteiger partial charge in [0, 0.05) is 11.6 Å². The number of rotatable bonds is 7. The normalized spacial score (nSPS) is 11.6. The summed E-state index contributed by atoms with van der Waals surface area (Å²) in [4.78, 5) is 12.1. The first-order chi connectivity index (χ1) is 11.1. The van der Waals surface area contributed by atoms with Crippen molar-refractivity contribution in [3.63, 3.8) is 0 Å². The Kier molecular flexibility index (Phi) is 6.29. The van der Waals surface area contributed by atoms with Gasteiger partial charge >= 0.3 is 0 Å². The molecule has 0 spiro atoms. The third-order valence-corrected chi connectivity index (χ3v) is 3.42. The van der Waals surface area contributed by atoms with Gasteiger partial charge in [-0.25, -0.2) is 0 Å². The van der Waals surface area contributed by atoms with Crippen molar-refractivity contribution in [3.05, 3.63) is 59.1 Å². The summed E-state index contributed by atoms with van der Waals surface area (Å²) in [7, 11) is 0. The first-order valence-corrected chi connectivity index (χ1v) is 7.88. The van der Waals surface area contributed by atoms with Crippen molar-refractivity contribution >= 4 is 17.5 Å². The van der Waals surface area contributed by atoms with Gasteiger partial charge < -0.3 is 14.8 Å². The van der Waals surface area contributed by atoms with Gasteiger partial charge in [-0.2, -0.15) is 0 Å². The average Bonchev–Trinajstić information content (AvgIpc) is 2.55. The maximum absolute atomic E-state index is 12.1. The average molecular weight is 334 g/mol. The van der Waals surface area contributed by atoms with Crippen molar-refractivity contribution in [1.82, 2.24) is 5.32 Å². The van der Waals surface area contributed by atoms with Crippen LogP contribution in [0.1, 0.15) is 19.4 Å². The monoisotopic (exact) mass is 333 g/mol. The van der Waals surface area contributed by atoms with Gasteiger partial charge in [-0.1, -0.05) is 23.7 Å². The zero-order chi connectivity index (χ0) is 16.7. The van der Waals surface area contributed by atoms with Crippen LogP contribution in [0, 0.1) is 0 Å². The molecule has 0 aliphatic rings. The number of hydrogen-bond acceptors (Lipinski definition) is 3. The number of nitrogens with one attached hydrogen (secondary N) is 1. The summed E-state index contributed by atoms with van der Waals surface area (Å²) in [6, 6.07) is 14.6. The topological polar surface area (TPSA) is 47.6 Å². The summed E-state index contributed by atoms with van der Waals surface area (Å²) in [6.45, 7) is 4.68. The Bertz CT molecular complexity index is 643. The van der Waals surface area contributed by atoms with E-state index < -0.39 is 6.10 Å². The molecule has 2 aromatic rings. The van der Waals surface area contributed by atoms with Crippen LogP contribution in [0.25, 0.3) is 0 Å². The first-order valence-electron chi connectivity index (χ1n) is 7.50. The van der Waals surface area contributed by atoms with E-state index >= 15 is 0 Å². The molecule has 0 unspecified atom stereocenters. The number of benzene rings is 2. The molecular weight excluding hydrogens is 314 g/mol. The van der Waals surface area contributed by atoms with Gasteiger partial charge in [-0.3, -0.25) is 4.79 Å². The number of ether oxygens (including phenoxy) is 2. The van der Waals surface area contributed by atoms with E-state index in [0.29, 0.717) is 23.9 Å². The molecule has 2 aromatic carbocycles. The lowest BCUT2D eigenvalue weighted by molar-refractivity contribution is -0.127. The lowest BCUT2D eigenvalue weighted by Gasteiger charge is -2.15. The van der Waals surface area contributed by atoms with Crippen LogP contribution < -0.4 is 14.8 Å². The van der Waals surface area contributed by atoms with Crippen LogP contribution in [0.2, 0.25) is 5.02 Å². The van der Waals surface area contributed by atoms with E-state index in [2.05, 4.69) is 5.32 Å². The highest BCUT2D eigenvalue weighted by atomic mass is 35.5. The van der Waals surface area contributed by atoms with E-state index in [0.717, 1.165) is 11.3 Å². The van der Waals surface area contributed by atoms with E-state index in [1.807, 2.05) is 31.2 Å². The van der Waals surface area contributed by atoms with E-state index in [-0.39, 0.29) is 5.91 Å². The molecule has 0 saturated heterocycles. The highest BCUT2D eigenvalue weighted by molar-refractivity contribution is 6.30. The molecule has 0 bridgehead atoms. The molecule has 1 amide bonds. The predicted molar refractivity (Wildman–Crippen MR) is 91.0 cm³/mol. The van der Waals surface area contributed by atoms with Crippen molar-refractivity contribution in [1.29, 1.82) is 0 Å². The first kappa shape index (κ1) is 17.2. The third-order valence-electron chi connectivity index (χ3n) is 3.17. The number of carbonyl (C=O) groups excluding carboxylic acids is 1. The molecule has 23 heavy (non-hydrogen) atoms. The Balaban J connectivity index is 1.86. The molecule has 0 radical (unpaired) electrons. The van der Waals surface area contributed by atoms with Gasteiger partial charge in [0.05, 0.1) is 6.61 Å². The summed E-state index contributed by atoms with van der Waals surface area (Å²) < 4.78 is 11.0. The van der Waals surface area contributed by atoms with Gasteiger partial charge in [0.15, 0.2) is 6.10 Å². The van der Waals surface area contributed by atoms with Crippen LogP contribution in [-0.2, 0) is 11.3 Å². The van der Waals surface area contributed by atoms with Crippen LogP contribution in [0.15, 0.2) is 48.5 Å². The summed E-state index contributed by atoms with van der Waals surface area (Å²) in [6.07, 6.45) is -0.591. The zero-order valence-corrected chi connectivity index (χ0v) is 14.0.